The minimum Gasteiger partial charge on any atom is -0.344 e. The maximum Gasteiger partial charge on any atom is 0.237 e. The molecule has 1 aliphatic heterocycles. The van der Waals surface area contributed by atoms with Gasteiger partial charge in [0.05, 0.1) is 5.69 Å². The van der Waals surface area contributed by atoms with E-state index in [-0.39, 0.29) is 17.5 Å². The van der Waals surface area contributed by atoms with E-state index in [2.05, 4.69) is 25.2 Å². The molecule has 6 heteroatoms. The molecule has 1 fully saturated rings. The molecule has 1 heterocycles. The van der Waals surface area contributed by atoms with Gasteiger partial charge in [-0.15, -0.1) is 0 Å². The summed E-state index contributed by atoms with van der Waals surface area (Å²) in [6, 6.07) is 9.75. The molecule has 0 aliphatic carbocycles. The van der Waals surface area contributed by atoms with Gasteiger partial charge in [-0.05, 0) is 41.7 Å². The minimum atomic E-state index is -1.13. The number of carbonyl (C=O) groups excluding carboxylic acids is 2. The molecule has 1 saturated heterocycles. The molecule has 0 aromatic heterocycles. The number of amides is 2. The molecule has 0 saturated carbocycles. The minimum absolute atomic E-state index is 0.261. The van der Waals surface area contributed by atoms with Crippen LogP contribution in [0.2, 0.25) is 0 Å². The molecule has 0 unspecified atom stereocenters. The van der Waals surface area contributed by atoms with Gasteiger partial charge in [-0.25, -0.2) is 8.78 Å². The number of rotatable bonds is 5. The average Bonchev–Trinajstić information content (AvgIpc) is 2.99. The maximum atomic E-state index is 14.0. The van der Waals surface area contributed by atoms with Gasteiger partial charge in [0.1, 0.15) is 5.92 Å². The molecule has 0 bridgehead atoms. The summed E-state index contributed by atoms with van der Waals surface area (Å²) in [4.78, 5) is 27.1. The monoisotopic (exact) mass is 386 g/mol. The summed E-state index contributed by atoms with van der Waals surface area (Å²) in [5.41, 5.74) is 2.95. The summed E-state index contributed by atoms with van der Waals surface area (Å²) < 4.78 is 27.4. The number of likely N-dealkylation sites (N-methyl/N-ethyl adjacent to an activating group) is 1. The van der Waals surface area contributed by atoms with Crippen LogP contribution in [0.15, 0.2) is 36.4 Å². The SMILES string of the molecule is CCc1cc(CC)cc([C@H]2CN(C)C(=O)[C@@H]2C(=O)Nc2cccc(F)c2F)c1. The van der Waals surface area contributed by atoms with Crippen LogP contribution >= 0.6 is 0 Å². The number of carbonyl (C=O) groups is 2. The van der Waals surface area contributed by atoms with Crippen LogP contribution in [0.25, 0.3) is 0 Å². The van der Waals surface area contributed by atoms with Crippen LogP contribution < -0.4 is 5.32 Å². The molecule has 2 atom stereocenters. The van der Waals surface area contributed by atoms with Crippen LogP contribution in [0.1, 0.15) is 36.5 Å². The van der Waals surface area contributed by atoms with Crippen molar-refractivity contribution in [1.29, 1.82) is 0 Å². The zero-order chi connectivity index (χ0) is 20.4. The smallest absolute Gasteiger partial charge is 0.237 e. The molecule has 0 spiro atoms. The van der Waals surface area contributed by atoms with Gasteiger partial charge in [0.15, 0.2) is 11.6 Å². The van der Waals surface area contributed by atoms with E-state index < -0.39 is 23.5 Å². The van der Waals surface area contributed by atoms with Crippen molar-refractivity contribution in [2.24, 2.45) is 5.92 Å². The van der Waals surface area contributed by atoms with Crippen LogP contribution in [0, 0.1) is 17.6 Å². The van der Waals surface area contributed by atoms with E-state index in [1.54, 1.807) is 7.05 Å². The van der Waals surface area contributed by atoms with Crippen LogP contribution in [0.3, 0.4) is 0 Å². The lowest BCUT2D eigenvalue weighted by Gasteiger charge is -2.19. The van der Waals surface area contributed by atoms with E-state index in [0.717, 1.165) is 35.6 Å². The molecule has 4 nitrogen and oxygen atoms in total. The topological polar surface area (TPSA) is 49.4 Å². The van der Waals surface area contributed by atoms with Gasteiger partial charge in [0.25, 0.3) is 0 Å². The molecule has 3 rings (SSSR count). The summed E-state index contributed by atoms with van der Waals surface area (Å²) in [5.74, 6) is -4.45. The van der Waals surface area contributed by atoms with Gasteiger partial charge in [-0.3, -0.25) is 9.59 Å². The second-order valence-electron chi connectivity index (χ2n) is 7.18. The first-order valence-electron chi connectivity index (χ1n) is 9.48. The van der Waals surface area contributed by atoms with Crippen LogP contribution in [-0.2, 0) is 22.4 Å². The Hall–Kier alpha value is -2.76. The highest BCUT2D eigenvalue weighted by atomic mass is 19.2. The van der Waals surface area contributed by atoms with Crippen molar-refractivity contribution in [2.75, 3.05) is 18.9 Å². The summed E-state index contributed by atoms with van der Waals surface area (Å²) >= 11 is 0. The average molecular weight is 386 g/mol. The van der Waals surface area contributed by atoms with Crippen molar-refractivity contribution in [3.05, 3.63) is 64.7 Å². The highest BCUT2D eigenvalue weighted by Crippen LogP contribution is 2.35. The lowest BCUT2D eigenvalue weighted by Crippen LogP contribution is -2.33. The summed E-state index contributed by atoms with van der Waals surface area (Å²) in [6.45, 7) is 4.52. The summed E-state index contributed by atoms with van der Waals surface area (Å²) in [6.07, 6.45) is 1.70. The standard InChI is InChI=1S/C22H24F2N2O2/c1-4-13-9-14(5-2)11-15(10-13)16-12-26(3)22(28)19(16)21(27)25-18-8-6-7-17(23)20(18)24/h6-11,16,19H,4-5,12H2,1-3H3,(H,25,27)/t16-,19+/m1/s1. The second-order valence-corrected chi connectivity index (χ2v) is 7.18. The van der Waals surface area contributed by atoms with E-state index in [4.69, 9.17) is 0 Å². The van der Waals surface area contributed by atoms with E-state index in [9.17, 15) is 18.4 Å². The number of nitrogens with one attached hydrogen (secondary N) is 1. The van der Waals surface area contributed by atoms with Gasteiger partial charge in [-0.2, -0.15) is 0 Å². The highest BCUT2D eigenvalue weighted by Gasteiger charge is 2.44. The quantitative estimate of drug-likeness (QED) is 0.793. The normalized spacial score (nSPS) is 19.2. The molecular weight excluding hydrogens is 362 g/mol. The number of benzene rings is 2. The molecule has 0 radical (unpaired) electrons. The summed E-state index contributed by atoms with van der Waals surface area (Å²) in [7, 11) is 1.65. The molecular formula is C22H24F2N2O2. The molecule has 1 aliphatic rings. The van der Waals surface area contributed by atoms with Crippen LogP contribution in [-0.4, -0.2) is 30.3 Å². The van der Waals surface area contributed by atoms with Crippen molar-refractivity contribution in [3.8, 4) is 0 Å². The zero-order valence-electron chi connectivity index (χ0n) is 16.3. The van der Waals surface area contributed by atoms with Crippen LogP contribution in [0.5, 0.6) is 0 Å². The molecule has 2 aromatic carbocycles. The first-order valence-corrected chi connectivity index (χ1v) is 9.48. The lowest BCUT2D eigenvalue weighted by molar-refractivity contribution is -0.135. The Labute approximate surface area is 163 Å². The third kappa shape index (κ3) is 3.77. The largest absolute Gasteiger partial charge is 0.344 e. The van der Waals surface area contributed by atoms with Gasteiger partial charge in [0.2, 0.25) is 11.8 Å². The van der Waals surface area contributed by atoms with Crippen molar-refractivity contribution in [2.45, 2.75) is 32.6 Å². The Morgan fingerprint density at radius 1 is 1.14 bits per heavy atom. The number of anilines is 1. The van der Waals surface area contributed by atoms with E-state index in [1.165, 1.54) is 17.0 Å². The Morgan fingerprint density at radius 3 is 2.39 bits per heavy atom. The molecule has 148 valence electrons. The van der Waals surface area contributed by atoms with E-state index >= 15 is 0 Å². The van der Waals surface area contributed by atoms with E-state index in [1.807, 2.05) is 12.1 Å². The molecule has 28 heavy (non-hydrogen) atoms. The van der Waals surface area contributed by atoms with Gasteiger partial charge < -0.3 is 10.2 Å². The van der Waals surface area contributed by atoms with E-state index in [0.29, 0.717) is 6.54 Å². The van der Waals surface area contributed by atoms with Gasteiger partial charge in [-0.1, -0.05) is 38.1 Å². The number of likely N-dealkylation sites (tertiary alicyclic amines) is 1. The Kier molecular flexibility index (Phi) is 5.77. The fourth-order valence-corrected chi connectivity index (χ4v) is 3.72. The van der Waals surface area contributed by atoms with Crippen molar-refractivity contribution in [3.63, 3.8) is 0 Å². The number of nitrogens with zero attached hydrogens (tertiary/aromatic N) is 1. The maximum absolute atomic E-state index is 14.0. The fourth-order valence-electron chi connectivity index (χ4n) is 3.72. The number of halogens is 2. The first-order chi connectivity index (χ1) is 13.3. The number of hydrogen-bond acceptors (Lipinski definition) is 2. The third-order valence-corrected chi connectivity index (χ3v) is 5.33. The predicted octanol–water partition coefficient (Wildman–Crippen LogP) is 3.90. The third-order valence-electron chi connectivity index (χ3n) is 5.33. The molecule has 2 aromatic rings. The van der Waals surface area contributed by atoms with Gasteiger partial charge in [0, 0.05) is 19.5 Å². The van der Waals surface area contributed by atoms with Crippen molar-refractivity contribution >= 4 is 17.5 Å². The first kappa shape index (κ1) is 20.0. The van der Waals surface area contributed by atoms with Crippen LogP contribution in [0.4, 0.5) is 14.5 Å². The molecule has 1 N–H and O–H groups in total. The highest BCUT2D eigenvalue weighted by molar-refractivity contribution is 6.08. The van der Waals surface area contributed by atoms with Crippen molar-refractivity contribution in [1.82, 2.24) is 4.90 Å². The number of aryl methyl sites for hydroxylation is 2. The predicted molar refractivity (Wildman–Crippen MR) is 104 cm³/mol. The zero-order valence-corrected chi connectivity index (χ0v) is 16.3. The Morgan fingerprint density at radius 2 is 1.79 bits per heavy atom. The Balaban J connectivity index is 1.94. The second kappa shape index (κ2) is 8.09. The Bertz CT molecular complexity index is 891. The lowest BCUT2D eigenvalue weighted by atomic mass is 9.85. The number of hydrogen-bond donors (Lipinski definition) is 1. The fraction of sp³-hybridized carbons (Fsp3) is 0.364. The molecule has 2 amide bonds. The van der Waals surface area contributed by atoms with Gasteiger partial charge >= 0.3 is 0 Å². The van der Waals surface area contributed by atoms with Crippen molar-refractivity contribution < 1.29 is 18.4 Å². The summed E-state index contributed by atoms with van der Waals surface area (Å²) in [5, 5.41) is 2.40.